The molecule has 0 radical (unpaired) electrons. The number of benzene rings is 3. The molecule has 2 N–H and O–H groups in total. The number of carbonyl (C=O) groups excluding carboxylic acids is 1. The molecule has 0 saturated carbocycles. The highest BCUT2D eigenvalue weighted by molar-refractivity contribution is 6.42. The molecular formula is C28H25Cl2N5O4. The second-order valence-corrected chi connectivity index (χ2v) is 9.45. The Balaban J connectivity index is 1.64. The summed E-state index contributed by atoms with van der Waals surface area (Å²) in [5, 5.41) is 11.7. The summed E-state index contributed by atoms with van der Waals surface area (Å²) in [7, 11) is 4.69. The summed E-state index contributed by atoms with van der Waals surface area (Å²) >= 11 is 13.1. The summed E-state index contributed by atoms with van der Waals surface area (Å²) in [5.41, 5.74) is 2.75. The van der Waals surface area contributed by atoms with Gasteiger partial charge >= 0.3 is 0 Å². The van der Waals surface area contributed by atoms with E-state index in [1.54, 1.807) is 75.4 Å². The Bertz CT molecular complexity index is 1580. The average molecular weight is 566 g/mol. The summed E-state index contributed by atoms with van der Waals surface area (Å²) < 4.78 is 17.9. The number of allylic oxidation sites excluding steroid dienone is 1. The van der Waals surface area contributed by atoms with Crippen molar-refractivity contribution in [2.75, 3.05) is 32.0 Å². The number of amides is 1. The molecule has 2 heterocycles. The Morgan fingerprint density at radius 3 is 2.38 bits per heavy atom. The molecule has 1 unspecified atom stereocenters. The Kier molecular flexibility index (Phi) is 7.36. The zero-order chi connectivity index (χ0) is 27.7. The molecule has 3 aromatic carbocycles. The van der Waals surface area contributed by atoms with Crippen LogP contribution in [0.5, 0.6) is 17.2 Å². The number of rotatable bonds is 7. The van der Waals surface area contributed by atoms with Crippen molar-refractivity contribution in [2.45, 2.75) is 13.0 Å². The SMILES string of the molecule is COc1cc(OC)cc(-c2nc3n(n2)C(c2cccc(Cl)c2Cl)C(C(=O)Nc2ccccc2OC)=C(C)N3)c1. The highest BCUT2D eigenvalue weighted by atomic mass is 35.5. The third kappa shape index (κ3) is 4.98. The summed E-state index contributed by atoms with van der Waals surface area (Å²) in [6.07, 6.45) is 0. The lowest BCUT2D eigenvalue weighted by Crippen LogP contribution is -2.31. The van der Waals surface area contributed by atoms with Crippen molar-refractivity contribution in [1.82, 2.24) is 14.8 Å². The van der Waals surface area contributed by atoms with Gasteiger partial charge in [0.15, 0.2) is 5.82 Å². The highest BCUT2D eigenvalue weighted by Gasteiger charge is 2.36. The summed E-state index contributed by atoms with van der Waals surface area (Å²) in [6, 6.07) is 17.1. The maximum Gasteiger partial charge on any atom is 0.255 e. The van der Waals surface area contributed by atoms with Gasteiger partial charge in [0.1, 0.15) is 23.3 Å². The number of ether oxygens (including phenoxy) is 3. The molecule has 4 aromatic rings. The van der Waals surface area contributed by atoms with Crippen molar-refractivity contribution in [2.24, 2.45) is 0 Å². The fourth-order valence-electron chi connectivity index (χ4n) is 4.46. The third-order valence-corrected chi connectivity index (χ3v) is 7.17. The first-order chi connectivity index (χ1) is 18.8. The maximum atomic E-state index is 13.8. The number of para-hydroxylation sites is 2. The van der Waals surface area contributed by atoms with Crippen LogP contribution in [0.15, 0.2) is 71.9 Å². The first kappa shape index (κ1) is 26.4. The zero-order valence-electron chi connectivity index (χ0n) is 21.6. The standard InChI is InChI=1S/C28H25Cl2N5O4/c1-15-23(27(36)32-21-10-5-6-11-22(21)39-4)25(19-8-7-9-20(29)24(19)30)35-28(31-15)33-26(34-35)16-12-17(37-2)14-18(13-16)38-3/h5-14,25H,1-4H3,(H,32,36)(H,31,33,34). The fourth-order valence-corrected chi connectivity index (χ4v) is 4.87. The number of nitrogens with zero attached hydrogens (tertiary/aromatic N) is 3. The van der Waals surface area contributed by atoms with E-state index in [1.165, 1.54) is 0 Å². The Morgan fingerprint density at radius 1 is 0.974 bits per heavy atom. The minimum Gasteiger partial charge on any atom is -0.497 e. The first-order valence-electron chi connectivity index (χ1n) is 11.9. The molecular weight excluding hydrogens is 541 g/mol. The summed E-state index contributed by atoms with van der Waals surface area (Å²) in [6.45, 7) is 1.80. The van der Waals surface area contributed by atoms with Crippen LogP contribution in [0.4, 0.5) is 11.6 Å². The van der Waals surface area contributed by atoms with Crippen molar-refractivity contribution in [1.29, 1.82) is 0 Å². The molecule has 9 nitrogen and oxygen atoms in total. The van der Waals surface area contributed by atoms with Crippen LogP contribution in [0.25, 0.3) is 11.4 Å². The van der Waals surface area contributed by atoms with Crippen molar-refractivity contribution in [3.8, 4) is 28.6 Å². The van der Waals surface area contributed by atoms with Crippen molar-refractivity contribution in [3.05, 3.63) is 87.5 Å². The minimum absolute atomic E-state index is 0.313. The predicted molar refractivity (Wildman–Crippen MR) is 151 cm³/mol. The van der Waals surface area contributed by atoms with Crippen molar-refractivity contribution >= 4 is 40.7 Å². The van der Waals surface area contributed by atoms with E-state index >= 15 is 0 Å². The monoisotopic (exact) mass is 565 g/mol. The quantitative estimate of drug-likeness (QED) is 0.275. The molecule has 1 atom stereocenters. The van der Waals surface area contributed by atoms with Gasteiger partial charge in [0.25, 0.3) is 5.91 Å². The Morgan fingerprint density at radius 2 is 1.69 bits per heavy atom. The van der Waals surface area contributed by atoms with Gasteiger partial charge in [-0.2, -0.15) is 4.98 Å². The number of nitrogens with one attached hydrogen (secondary N) is 2. The second kappa shape index (κ2) is 10.9. The molecule has 5 rings (SSSR count). The maximum absolute atomic E-state index is 13.8. The number of aromatic nitrogens is 3. The van der Waals surface area contributed by atoms with E-state index in [0.29, 0.717) is 67.2 Å². The van der Waals surface area contributed by atoms with Gasteiger partial charge in [-0.15, -0.1) is 5.10 Å². The topological polar surface area (TPSA) is 99.5 Å². The van der Waals surface area contributed by atoms with Crippen LogP contribution in [-0.4, -0.2) is 42.0 Å². The van der Waals surface area contributed by atoms with E-state index in [1.807, 2.05) is 18.2 Å². The molecule has 0 spiro atoms. The van der Waals surface area contributed by atoms with Crippen LogP contribution in [0.2, 0.25) is 10.0 Å². The normalized spacial score (nSPS) is 14.4. The van der Waals surface area contributed by atoms with Crippen LogP contribution in [0, 0.1) is 0 Å². The van der Waals surface area contributed by atoms with Crippen molar-refractivity contribution in [3.63, 3.8) is 0 Å². The molecule has 200 valence electrons. The molecule has 11 heteroatoms. The van der Waals surface area contributed by atoms with E-state index in [9.17, 15) is 4.79 Å². The van der Waals surface area contributed by atoms with Gasteiger partial charge in [-0.25, -0.2) is 4.68 Å². The van der Waals surface area contributed by atoms with Gasteiger partial charge in [0.05, 0.1) is 42.6 Å². The summed E-state index contributed by atoms with van der Waals surface area (Å²) in [5.74, 6) is 2.17. The molecule has 0 fully saturated rings. The average Bonchev–Trinajstić information content (AvgIpc) is 3.37. The number of fused-ring (bicyclic) bond motifs is 1. The van der Waals surface area contributed by atoms with Crippen LogP contribution < -0.4 is 24.8 Å². The number of halogens is 2. The Hall–Kier alpha value is -4.21. The van der Waals surface area contributed by atoms with Crippen molar-refractivity contribution < 1.29 is 19.0 Å². The van der Waals surface area contributed by atoms with Gasteiger partial charge in [-0.1, -0.05) is 47.5 Å². The smallest absolute Gasteiger partial charge is 0.255 e. The predicted octanol–water partition coefficient (Wildman–Crippen LogP) is 6.21. The number of hydrogen-bond acceptors (Lipinski definition) is 7. The van der Waals surface area contributed by atoms with E-state index in [2.05, 4.69) is 10.6 Å². The largest absolute Gasteiger partial charge is 0.497 e. The van der Waals surface area contributed by atoms with Gasteiger partial charge in [0.2, 0.25) is 5.95 Å². The van der Waals surface area contributed by atoms with E-state index in [4.69, 9.17) is 47.5 Å². The van der Waals surface area contributed by atoms with Crippen LogP contribution in [0.1, 0.15) is 18.5 Å². The summed E-state index contributed by atoms with van der Waals surface area (Å²) in [4.78, 5) is 18.6. The molecule has 1 aliphatic rings. The number of carbonyl (C=O) groups is 1. The lowest BCUT2D eigenvalue weighted by molar-refractivity contribution is -0.113. The second-order valence-electron chi connectivity index (χ2n) is 8.67. The molecule has 1 amide bonds. The molecule has 0 bridgehead atoms. The first-order valence-corrected chi connectivity index (χ1v) is 12.7. The number of hydrogen-bond donors (Lipinski definition) is 2. The zero-order valence-corrected chi connectivity index (χ0v) is 23.1. The van der Waals surface area contributed by atoms with Gasteiger partial charge in [-0.05, 0) is 37.3 Å². The lowest BCUT2D eigenvalue weighted by atomic mass is 9.95. The van der Waals surface area contributed by atoms with E-state index in [0.717, 1.165) is 0 Å². The minimum atomic E-state index is -0.740. The van der Waals surface area contributed by atoms with Gasteiger partial charge < -0.3 is 24.8 Å². The Labute approximate surface area is 235 Å². The number of anilines is 2. The lowest BCUT2D eigenvalue weighted by Gasteiger charge is -2.29. The fraction of sp³-hybridized carbons (Fsp3) is 0.179. The van der Waals surface area contributed by atoms with Crippen LogP contribution >= 0.6 is 23.2 Å². The van der Waals surface area contributed by atoms with E-state index < -0.39 is 6.04 Å². The van der Waals surface area contributed by atoms with Crippen LogP contribution in [0.3, 0.4) is 0 Å². The third-order valence-electron chi connectivity index (χ3n) is 6.34. The molecule has 0 saturated heterocycles. The van der Waals surface area contributed by atoms with Gasteiger partial charge in [-0.3, -0.25) is 4.79 Å². The molecule has 0 aliphatic carbocycles. The molecule has 1 aliphatic heterocycles. The highest BCUT2D eigenvalue weighted by Crippen LogP contribution is 2.42. The van der Waals surface area contributed by atoms with Crippen LogP contribution in [-0.2, 0) is 4.79 Å². The number of methoxy groups -OCH3 is 3. The molecule has 1 aromatic heterocycles. The molecule has 39 heavy (non-hydrogen) atoms. The van der Waals surface area contributed by atoms with E-state index in [-0.39, 0.29) is 5.91 Å². The van der Waals surface area contributed by atoms with Gasteiger partial charge in [0, 0.05) is 22.9 Å².